The standard InChI is InChI=1S/C9H17F3O2/c1-2-4-8(13)7-14-6-3-5-9(10,11)12/h8,13H,2-7H2,1H3. The van der Waals surface area contributed by atoms with Crippen molar-refractivity contribution < 1.29 is 23.0 Å². The van der Waals surface area contributed by atoms with E-state index in [0.29, 0.717) is 6.42 Å². The number of hydrogen-bond acceptors (Lipinski definition) is 2. The molecule has 1 unspecified atom stereocenters. The molecule has 0 aliphatic heterocycles. The molecule has 1 atom stereocenters. The zero-order chi connectivity index (χ0) is 11.0. The Kier molecular flexibility index (Phi) is 6.92. The third-order valence-corrected chi connectivity index (χ3v) is 1.68. The molecule has 0 saturated heterocycles. The van der Waals surface area contributed by atoms with Crippen molar-refractivity contribution in [3.63, 3.8) is 0 Å². The van der Waals surface area contributed by atoms with Crippen LogP contribution in [-0.4, -0.2) is 30.6 Å². The maximum Gasteiger partial charge on any atom is 0.389 e. The first-order valence-electron chi connectivity index (χ1n) is 4.78. The quantitative estimate of drug-likeness (QED) is 0.660. The molecule has 0 rings (SSSR count). The highest BCUT2D eigenvalue weighted by Crippen LogP contribution is 2.20. The molecular weight excluding hydrogens is 197 g/mol. The average Bonchev–Trinajstić information content (AvgIpc) is 2.02. The normalized spacial score (nSPS) is 14.4. The fourth-order valence-corrected chi connectivity index (χ4v) is 1.01. The van der Waals surface area contributed by atoms with Crippen molar-refractivity contribution in [2.45, 2.75) is 44.9 Å². The van der Waals surface area contributed by atoms with Gasteiger partial charge in [0.2, 0.25) is 0 Å². The van der Waals surface area contributed by atoms with Gasteiger partial charge in [-0.25, -0.2) is 0 Å². The number of hydrogen-bond donors (Lipinski definition) is 1. The van der Waals surface area contributed by atoms with Crippen LogP contribution in [0.25, 0.3) is 0 Å². The lowest BCUT2D eigenvalue weighted by Gasteiger charge is -2.10. The van der Waals surface area contributed by atoms with E-state index >= 15 is 0 Å². The van der Waals surface area contributed by atoms with Crippen LogP contribution in [-0.2, 0) is 4.74 Å². The molecule has 0 bridgehead atoms. The largest absolute Gasteiger partial charge is 0.391 e. The zero-order valence-corrected chi connectivity index (χ0v) is 8.31. The van der Waals surface area contributed by atoms with Crippen molar-refractivity contribution >= 4 is 0 Å². The molecule has 0 saturated carbocycles. The van der Waals surface area contributed by atoms with E-state index < -0.39 is 18.7 Å². The lowest BCUT2D eigenvalue weighted by molar-refractivity contribution is -0.138. The molecule has 0 aliphatic rings. The van der Waals surface area contributed by atoms with Crippen molar-refractivity contribution in [2.75, 3.05) is 13.2 Å². The van der Waals surface area contributed by atoms with Gasteiger partial charge in [-0.05, 0) is 12.8 Å². The lowest BCUT2D eigenvalue weighted by Crippen LogP contribution is -2.16. The van der Waals surface area contributed by atoms with Crippen LogP contribution in [0.3, 0.4) is 0 Å². The molecule has 14 heavy (non-hydrogen) atoms. The summed E-state index contributed by atoms with van der Waals surface area (Å²) in [6, 6.07) is 0. The Morgan fingerprint density at radius 2 is 2.00 bits per heavy atom. The molecule has 0 heterocycles. The van der Waals surface area contributed by atoms with Gasteiger partial charge in [0, 0.05) is 13.0 Å². The molecular formula is C9H17F3O2. The van der Waals surface area contributed by atoms with Crippen LogP contribution >= 0.6 is 0 Å². The fourth-order valence-electron chi connectivity index (χ4n) is 1.01. The first-order chi connectivity index (χ1) is 6.45. The molecule has 86 valence electrons. The van der Waals surface area contributed by atoms with E-state index in [-0.39, 0.29) is 19.6 Å². The van der Waals surface area contributed by atoms with Crippen LogP contribution < -0.4 is 0 Å². The van der Waals surface area contributed by atoms with Crippen LogP contribution in [0.1, 0.15) is 32.6 Å². The molecule has 0 amide bonds. The van der Waals surface area contributed by atoms with Gasteiger partial charge in [-0.2, -0.15) is 13.2 Å². The number of rotatable bonds is 7. The summed E-state index contributed by atoms with van der Waals surface area (Å²) in [6.07, 6.45) is -4.05. The highest BCUT2D eigenvalue weighted by Gasteiger charge is 2.25. The summed E-state index contributed by atoms with van der Waals surface area (Å²) in [5.74, 6) is 0. The van der Waals surface area contributed by atoms with Crippen molar-refractivity contribution in [1.29, 1.82) is 0 Å². The number of aliphatic hydroxyl groups is 1. The predicted octanol–water partition coefficient (Wildman–Crippen LogP) is 2.51. The first kappa shape index (κ1) is 13.7. The molecule has 0 radical (unpaired) electrons. The Morgan fingerprint density at radius 3 is 2.50 bits per heavy atom. The van der Waals surface area contributed by atoms with Crippen molar-refractivity contribution in [1.82, 2.24) is 0 Å². The Balaban J connectivity index is 3.21. The minimum absolute atomic E-state index is 0.0393. The van der Waals surface area contributed by atoms with Crippen LogP contribution in [0, 0.1) is 0 Å². The fraction of sp³-hybridized carbons (Fsp3) is 1.00. The second kappa shape index (κ2) is 7.06. The second-order valence-electron chi connectivity index (χ2n) is 3.24. The minimum atomic E-state index is -4.11. The van der Waals surface area contributed by atoms with Gasteiger partial charge in [0.25, 0.3) is 0 Å². The Morgan fingerprint density at radius 1 is 1.36 bits per heavy atom. The summed E-state index contributed by atoms with van der Waals surface area (Å²) in [5.41, 5.74) is 0. The van der Waals surface area contributed by atoms with E-state index in [9.17, 15) is 13.2 Å². The van der Waals surface area contributed by atoms with Gasteiger partial charge in [0.1, 0.15) is 0 Å². The molecule has 0 aromatic rings. The van der Waals surface area contributed by atoms with Gasteiger partial charge in [-0.3, -0.25) is 0 Å². The van der Waals surface area contributed by atoms with Gasteiger partial charge >= 0.3 is 6.18 Å². The van der Waals surface area contributed by atoms with E-state index in [2.05, 4.69) is 0 Å². The summed E-state index contributed by atoms with van der Waals surface area (Å²) in [4.78, 5) is 0. The van der Waals surface area contributed by atoms with E-state index in [1.807, 2.05) is 6.92 Å². The molecule has 0 aromatic carbocycles. The zero-order valence-electron chi connectivity index (χ0n) is 8.31. The molecule has 2 nitrogen and oxygen atoms in total. The molecule has 0 aromatic heterocycles. The number of aliphatic hydroxyl groups excluding tert-OH is 1. The second-order valence-corrected chi connectivity index (χ2v) is 3.24. The predicted molar refractivity (Wildman–Crippen MR) is 47.0 cm³/mol. The number of halogens is 3. The van der Waals surface area contributed by atoms with Crippen LogP contribution in [0.4, 0.5) is 13.2 Å². The van der Waals surface area contributed by atoms with Gasteiger partial charge < -0.3 is 9.84 Å². The summed E-state index contributed by atoms with van der Waals surface area (Å²) in [6.45, 7) is 2.11. The topological polar surface area (TPSA) is 29.5 Å². The van der Waals surface area contributed by atoms with E-state index in [1.165, 1.54) is 0 Å². The van der Waals surface area contributed by atoms with Crippen molar-refractivity contribution in [2.24, 2.45) is 0 Å². The third kappa shape index (κ3) is 9.80. The van der Waals surface area contributed by atoms with Crippen LogP contribution in [0.5, 0.6) is 0 Å². The Hall–Kier alpha value is -0.290. The van der Waals surface area contributed by atoms with E-state index in [0.717, 1.165) is 6.42 Å². The van der Waals surface area contributed by atoms with E-state index in [4.69, 9.17) is 9.84 Å². The Bertz CT molecular complexity index is 137. The number of ether oxygens (including phenoxy) is 1. The lowest BCUT2D eigenvalue weighted by atomic mass is 10.2. The third-order valence-electron chi connectivity index (χ3n) is 1.68. The first-order valence-corrected chi connectivity index (χ1v) is 4.78. The summed E-state index contributed by atoms with van der Waals surface area (Å²) >= 11 is 0. The van der Waals surface area contributed by atoms with Gasteiger partial charge in [0.15, 0.2) is 0 Å². The monoisotopic (exact) mass is 214 g/mol. The van der Waals surface area contributed by atoms with Crippen molar-refractivity contribution in [3.05, 3.63) is 0 Å². The molecule has 0 fully saturated rings. The average molecular weight is 214 g/mol. The number of alkyl halides is 3. The van der Waals surface area contributed by atoms with Gasteiger partial charge in [-0.15, -0.1) is 0 Å². The molecule has 0 spiro atoms. The summed E-state index contributed by atoms with van der Waals surface area (Å²) in [5, 5.41) is 9.16. The van der Waals surface area contributed by atoms with E-state index in [1.54, 1.807) is 0 Å². The Labute approximate surface area is 82.1 Å². The molecule has 0 aliphatic carbocycles. The highest BCUT2D eigenvalue weighted by molar-refractivity contribution is 4.53. The smallest absolute Gasteiger partial charge is 0.389 e. The maximum atomic E-state index is 11.7. The molecule has 5 heteroatoms. The molecule has 1 N–H and O–H groups in total. The SMILES string of the molecule is CCCC(O)COCCCC(F)(F)F. The highest BCUT2D eigenvalue weighted by atomic mass is 19.4. The summed E-state index contributed by atoms with van der Waals surface area (Å²) < 4.78 is 39.9. The van der Waals surface area contributed by atoms with Crippen molar-refractivity contribution in [3.8, 4) is 0 Å². The maximum absolute atomic E-state index is 11.7. The van der Waals surface area contributed by atoms with Gasteiger partial charge in [-0.1, -0.05) is 13.3 Å². The van der Waals surface area contributed by atoms with Gasteiger partial charge in [0.05, 0.1) is 12.7 Å². The van der Waals surface area contributed by atoms with Crippen LogP contribution in [0.15, 0.2) is 0 Å². The van der Waals surface area contributed by atoms with Crippen LogP contribution in [0.2, 0.25) is 0 Å². The summed E-state index contributed by atoms with van der Waals surface area (Å²) in [7, 11) is 0. The minimum Gasteiger partial charge on any atom is -0.391 e.